The second-order valence-corrected chi connectivity index (χ2v) is 2.43. The van der Waals surface area contributed by atoms with E-state index in [1.165, 1.54) is 13.3 Å². The number of aromatic nitrogens is 1. The van der Waals surface area contributed by atoms with E-state index < -0.39 is 5.97 Å². The van der Waals surface area contributed by atoms with Crippen LogP contribution in [-0.4, -0.2) is 18.3 Å². The van der Waals surface area contributed by atoms with Crippen molar-refractivity contribution in [2.24, 2.45) is 0 Å². The first-order valence-electron chi connectivity index (χ1n) is 3.45. The number of esters is 1. The Morgan fingerprint density at radius 2 is 2.33 bits per heavy atom. The second kappa shape index (κ2) is 3.21. The molecule has 1 rings (SSSR count). The molecule has 1 aromatic heterocycles. The Labute approximate surface area is 70.0 Å². The van der Waals surface area contributed by atoms with E-state index in [1.807, 2.05) is 6.92 Å². The van der Waals surface area contributed by atoms with Crippen LogP contribution in [0.5, 0.6) is 0 Å². The fourth-order valence-electron chi connectivity index (χ4n) is 0.855. The molecular formula is C8H10NO3+. The minimum atomic E-state index is -0.554. The Balaban J connectivity index is 3.13. The summed E-state index contributed by atoms with van der Waals surface area (Å²) in [5.41, 5.74) is 1.01. The molecule has 12 heavy (non-hydrogen) atoms. The third-order valence-electron chi connectivity index (χ3n) is 1.48. The average Bonchev–Trinajstić information content (AvgIpc) is 2.08. The van der Waals surface area contributed by atoms with Gasteiger partial charge in [-0.15, -0.1) is 0 Å². The van der Waals surface area contributed by atoms with Crippen molar-refractivity contribution in [3.05, 3.63) is 29.6 Å². The molecule has 0 fully saturated rings. The summed E-state index contributed by atoms with van der Waals surface area (Å²) in [4.78, 5) is 11.0. The molecule has 0 spiro atoms. The molecular weight excluding hydrogens is 158 g/mol. The van der Waals surface area contributed by atoms with Crippen molar-refractivity contribution in [1.82, 2.24) is 0 Å². The van der Waals surface area contributed by atoms with Gasteiger partial charge in [-0.05, 0) is 12.5 Å². The van der Waals surface area contributed by atoms with Crippen LogP contribution in [0.25, 0.3) is 0 Å². The smallest absolute Gasteiger partial charge is 0.408 e. The first-order valence-corrected chi connectivity index (χ1v) is 3.45. The highest BCUT2D eigenvalue weighted by Crippen LogP contribution is 1.98. The number of methoxy groups -OCH3 is 1. The van der Waals surface area contributed by atoms with Crippen molar-refractivity contribution in [3.8, 4) is 0 Å². The predicted molar refractivity (Wildman–Crippen MR) is 39.9 cm³/mol. The molecule has 0 atom stereocenters. The number of rotatable bonds is 1. The molecule has 0 amide bonds. The van der Waals surface area contributed by atoms with E-state index in [-0.39, 0.29) is 5.69 Å². The third kappa shape index (κ3) is 1.53. The lowest BCUT2D eigenvalue weighted by Crippen LogP contribution is -2.37. The molecule has 0 aromatic carbocycles. The van der Waals surface area contributed by atoms with Gasteiger partial charge in [-0.3, -0.25) is 5.21 Å². The number of aryl methyl sites for hydroxylation is 1. The minimum absolute atomic E-state index is 0.123. The van der Waals surface area contributed by atoms with Crippen LogP contribution in [0.4, 0.5) is 0 Å². The largest absolute Gasteiger partial charge is 0.461 e. The molecule has 0 radical (unpaired) electrons. The van der Waals surface area contributed by atoms with Gasteiger partial charge < -0.3 is 4.74 Å². The van der Waals surface area contributed by atoms with Crippen LogP contribution in [0, 0.1) is 6.92 Å². The van der Waals surface area contributed by atoms with E-state index in [2.05, 4.69) is 4.74 Å². The zero-order valence-electron chi connectivity index (χ0n) is 6.94. The van der Waals surface area contributed by atoms with Gasteiger partial charge in [-0.1, -0.05) is 0 Å². The molecule has 1 aromatic rings. The summed E-state index contributed by atoms with van der Waals surface area (Å²) >= 11 is 0. The fourth-order valence-corrected chi connectivity index (χ4v) is 0.855. The Kier molecular flexibility index (Phi) is 2.28. The van der Waals surface area contributed by atoms with Gasteiger partial charge in [0.1, 0.15) is 0 Å². The number of nitrogens with zero attached hydrogens (tertiary/aromatic N) is 1. The van der Waals surface area contributed by atoms with Crippen LogP contribution in [-0.2, 0) is 4.74 Å². The van der Waals surface area contributed by atoms with Gasteiger partial charge in [0.05, 0.1) is 7.11 Å². The maximum absolute atomic E-state index is 11.0. The first-order chi connectivity index (χ1) is 5.65. The molecule has 1 heterocycles. The van der Waals surface area contributed by atoms with Gasteiger partial charge in [0.2, 0.25) is 6.20 Å². The molecule has 0 aliphatic heterocycles. The lowest BCUT2D eigenvalue weighted by Gasteiger charge is -1.95. The number of pyridine rings is 1. The van der Waals surface area contributed by atoms with Crippen molar-refractivity contribution in [2.75, 3.05) is 7.11 Å². The van der Waals surface area contributed by atoms with E-state index in [0.29, 0.717) is 0 Å². The van der Waals surface area contributed by atoms with Crippen molar-refractivity contribution < 1.29 is 19.5 Å². The molecule has 4 heteroatoms. The highest BCUT2D eigenvalue weighted by molar-refractivity contribution is 5.85. The zero-order chi connectivity index (χ0) is 9.14. The van der Waals surface area contributed by atoms with E-state index in [9.17, 15) is 4.79 Å². The highest BCUT2D eigenvalue weighted by atomic mass is 16.5. The van der Waals surface area contributed by atoms with Gasteiger partial charge in [0.25, 0.3) is 0 Å². The standard InChI is InChI=1S/C8H10NO3/c1-6-3-4-9(11)7(5-6)8(10)12-2/h3-5,11H,1-2H3/q+1. The Morgan fingerprint density at radius 3 is 2.92 bits per heavy atom. The first kappa shape index (κ1) is 8.52. The van der Waals surface area contributed by atoms with Crippen LogP contribution >= 0.6 is 0 Å². The Hall–Kier alpha value is -1.58. The lowest BCUT2D eigenvalue weighted by molar-refractivity contribution is -0.906. The molecule has 0 aliphatic carbocycles. The van der Waals surface area contributed by atoms with Crippen LogP contribution < -0.4 is 4.73 Å². The van der Waals surface area contributed by atoms with Crippen molar-refractivity contribution in [1.29, 1.82) is 0 Å². The predicted octanol–water partition coefficient (Wildman–Crippen LogP) is 0.306. The molecule has 1 N–H and O–H groups in total. The van der Waals surface area contributed by atoms with E-state index in [1.54, 1.807) is 12.1 Å². The summed E-state index contributed by atoms with van der Waals surface area (Å²) in [6.45, 7) is 1.83. The topological polar surface area (TPSA) is 50.4 Å². The number of hydrogen-bond donors (Lipinski definition) is 1. The van der Waals surface area contributed by atoms with Gasteiger partial charge in [-0.25, -0.2) is 4.79 Å². The lowest BCUT2D eigenvalue weighted by atomic mass is 10.2. The molecule has 64 valence electrons. The molecule has 0 unspecified atom stereocenters. The van der Waals surface area contributed by atoms with Crippen LogP contribution in [0.3, 0.4) is 0 Å². The number of hydrogen-bond acceptors (Lipinski definition) is 3. The Morgan fingerprint density at radius 1 is 1.67 bits per heavy atom. The second-order valence-electron chi connectivity index (χ2n) is 2.43. The zero-order valence-corrected chi connectivity index (χ0v) is 6.94. The van der Waals surface area contributed by atoms with Crippen LogP contribution in [0.15, 0.2) is 18.3 Å². The van der Waals surface area contributed by atoms with E-state index in [4.69, 9.17) is 5.21 Å². The SMILES string of the molecule is COC(=O)c1cc(C)cc[n+]1O. The van der Waals surface area contributed by atoms with Gasteiger partial charge in [0, 0.05) is 16.9 Å². The monoisotopic (exact) mass is 168 g/mol. The quantitative estimate of drug-likeness (QED) is 0.373. The summed E-state index contributed by atoms with van der Waals surface area (Å²) in [5, 5.41) is 9.15. The minimum Gasteiger partial charge on any atom is -0.461 e. The maximum Gasteiger partial charge on any atom is 0.408 e. The summed E-state index contributed by atoms with van der Waals surface area (Å²) in [5.74, 6) is -0.554. The summed E-state index contributed by atoms with van der Waals surface area (Å²) < 4.78 is 5.19. The summed E-state index contributed by atoms with van der Waals surface area (Å²) in [6.07, 6.45) is 1.39. The molecule has 0 bridgehead atoms. The Bertz CT molecular complexity index is 309. The average molecular weight is 168 g/mol. The highest BCUT2D eigenvalue weighted by Gasteiger charge is 2.19. The summed E-state index contributed by atoms with van der Waals surface area (Å²) in [6, 6.07) is 3.23. The van der Waals surface area contributed by atoms with E-state index in [0.717, 1.165) is 10.3 Å². The van der Waals surface area contributed by atoms with Gasteiger partial charge in [0.15, 0.2) is 0 Å². The van der Waals surface area contributed by atoms with Crippen molar-refractivity contribution in [3.63, 3.8) is 0 Å². The molecule has 0 saturated carbocycles. The van der Waals surface area contributed by atoms with Gasteiger partial charge in [-0.2, -0.15) is 0 Å². The van der Waals surface area contributed by atoms with Gasteiger partial charge >= 0.3 is 11.7 Å². The number of carbonyl (C=O) groups excluding carboxylic acids is 1. The molecule has 4 nitrogen and oxygen atoms in total. The summed E-state index contributed by atoms with van der Waals surface area (Å²) in [7, 11) is 1.27. The molecule has 0 saturated heterocycles. The third-order valence-corrected chi connectivity index (χ3v) is 1.48. The maximum atomic E-state index is 11.0. The van der Waals surface area contributed by atoms with Crippen LogP contribution in [0.1, 0.15) is 16.1 Å². The number of ether oxygens (including phenoxy) is 1. The van der Waals surface area contributed by atoms with Crippen LogP contribution in [0.2, 0.25) is 0 Å². The van der Waals surface area contributed by atoms with Crippen molar-refractivity contribution in [2.45, 2.75) is 6.92 Å². The molecule has 0 aliphatic rings. The normalized spacial score (nSPS) is 9.50. The van der Waals surface area contributed by atoms with E-state index >= 15 is 0 Å². The van der Waals surface area contributed by atoms with Crippen molar-refractivity contribution >= 4 is 5.97 Å². The fraction of sp³-hybridized carbons (Fsp3) is 0.250. The number of carbonyl (C=O) groups is 1.